The molecule has 25 heavy (non-hydrogen) atoms. The van der Waals surface area contributed by atoms with Crippen LogP contribution in [0.15, 0.2) is 59.6 Å². The molecule has 0 saturated heterocycles. The van der Waals surface area contributed by atoms with Gasteiger partial charge in [-0.2, -0.15) is 5.10 Å². The molecule has 0 saturated carbocycles. The standard InChI is InChI=1S/C19H19ClN2O2S/c1-13(2)18-12-22(16-8-10-17(11-9-16)25(3,23)24)21-19(18)14-4-6-15(20)7-5-14/h4-13H,1-3H3. The summed E-state index contributed by atoms with van der Waals surface area (Å²) in [7, 11) is -3.21. The van der Waals surface area contributed by atoms with Gasteiger partial charge in [0.15, 0.2) is 9.84 Å². The second-order valence-corrected chi connectivity index (χ2v) is 8.76. The number of halogens is 1. The van der Waals surface area contributed by atoms with E-state index in [1.165, 1.54) is 6.26 Å². The Kier molecular flexibility index (Phi) is 4.71. The minimum absolute atomic E-state index is 0.297. The van der Waals surface area contributed by atoms with Crippen LogP contribution in [0.1, 0.15) is 25.3 Å². The molecule has 0 aliphatic heterocycles. The number of aromatic nitrogens is 2. The molecular formula is C19H19ClN2O2S. The van der Waals surface area contributed by atoms with E-state index in [-0.39, 0.29) is 0 Å². The summed E-state index contributed by atoms with van der Waals surface area (Å²) in [5, 5.41) is 5.40. The summed E-state index contributed by atoms with van der Waals surface area (Å²) in [4.78, 5) is 0.297. The van der Waals surface area contributed by atoms with Crippen molar-refractivity contribution in [3.05, 3.63) is 65.3 Å². The molecular weight excluding hydrogens is 356 g/mol. The van der Waals surface area contributed by atoms with Gasteiger partial charge in [0.25, 0.3) is 0 Å². The lowest BCUT2D eigenvalue weighted by Gasteiger charge is -2.05. The van der Waals surface area contributed by atoms with E-state index < -0.39 is 9.84 Å². The van der Waals surface area contributed by atoms with E-state index in [0.717, 1.165) is 22.5 Å². The molecule has 1 heterocycles. The molecule has 0 radical (unpaired) electrons. The largest absolute Gasteiger partial charge is 0.240 e. The Bertz CT molecular complexity index is 989. The SMILES string of the molecule is CC(C)c1cn(-c2ccc(S(C)(=O)=O)cc2)nc1-c1ccc(Cl)cc1. The van der Waals surface area contributed by atoms with Crippen LogP contribution in [0.25, 0.3) is 16.9 Å². The highest BCUT2D eigenvalue weighted by atomic mass is 35.5. The van der Waals surface area contributed by atoms with Gasteiger partial charge < -0.3 is 0 Å². The van der Waals surface area contributed by atoms with Crippen molar-refractivity contribution in [1.29, 1.82) is 0 Å². The molecule has 2 aromatic carbocycles. The fourth-order valence-corrected chi connectivity index (χ4v) is 3.38. The quantitative estimate of drug-likeness (QED) is 0.663. The van der Waals surface area contributed by atoms with Crippen LogP contribution < -0.4 is 0 Å². The molecule has 1 aromatic heterocycles. The smallest absolute Gasteiger partial charge is 0.175 e. The first-order valence-corrected chi connectivity index (χ1v) is 10.2. The Hall–Kier alpha value is -2.11. The minimum Gasteiger partial charge on any atom is -0.240 e. The molecule has 0 bridgehead atoms. The lowest BCUT2D eigenvalue weighted by Crippen LogP contribution is -1.99. The van der Waals surface area contributed by atoms with Crippen LogP contribution in [0, 0.1) is 0 Å². The maximum Gasteiger partial charge on any atom is 0.175 e. The average molecular weight is 375 g/mol. The molecule has 3 rings (SSSR count). The highest BCUT2D eigenvalue weighted by Crippen LogP contribution is 2.30. The van der Waals surface area contributed by atoms with Gasteiger partial charge in [0.1, 0.15) is 0 Å². The van der Waals surface area contributed by atoms with Crippen LogP contribution in [0.4, 0.5) is 0 Å². The fourth-order valence-electron chi connectivity index (χ4n) is 2.62. The predicted molar refractivity (Wildman–Crippen MR) is 101 cm³/mol. The Balaban J connectivity index is 2.06. The number of hydrogen-bond donors (Lipinski definition) is 0. The first-order valence-electron chi connectivity index (χ1n) is 7.91. The highest BCUT2D eigenvalue weighted by molar-refractivity contribution is 7.90. The maximum atomic E-state index is 11.6. The molecule has 6 heteroatoms. The second-order valence-electron chi connectivity index (χ2n) is 6.31. The molecule has 0 aliphatic rings. The van der Waals surface area contributed by atoms with Gasteiger partial charge in [-0.25, -0.2) is 13.1 Å². The third-order valence-electron chi connectivity index (χ3n) is 4.01. The van der Waals surface area contributed by atoms with Gasteiger partial charge in [-0.15, -0.1) is 0 Å². The lowest BCUT2D eigenvalue weighted by atomic mass is 10.00. The van der Waals surface area contributed by atoms with Gasteiger partial charge in [-0.3, -0.25) is 0 Å². The summed E-state index contributed by atoms with van der Waals surface area (Å²) in [6.45, 7) is 4.24. The van der Waals surface area contributed by atoms with E-state index in [0.29, 0.717) is 15.8 Å². The van der Waals surface area contributed by atoms with Crippen LogP contribution >= 0.6 is 11.6 Å². The molecule has 0 atom stereocenters. The van der Waals surface area contributed by atoms with Crippen molar-refractivity contribution in [3.8, 4) is 16.9 Å². The summed E-state index contributed by atoms with van der Waals surface area (Å²) in [6.07, 6.45) is 3.19. The molecule has 0 fully saturated rings. The Morgan fingerprint density at radius 1 is 1.00 bits per heavy atom. The average Bonchev–Trinajstić information content (AvgIpc) is 3.00. The monoisotopic (exact) mass is 374 g/mol. The first-order chi connectivity index (χ1) is 11.8. The molecule has 0 unspecified atom stereocenters. The molecule has 0 aliphatic carbocycles. The molecule has 0 spiro atoms. The zero-order chi connectivity index (χ0) is 18.2. The number of nitrogens with zero attached hydrogens (tertiary/aromatic N) is 2. The van der Waals surface area contributed by atoms with E-state index >= 15 is 0 Å². The van der Waals surface area contributed by atoms with Gasteiger partial charge in [0, 0.05) is 28.6 Å². The Morgan fingerprint density at radius 2 is 1.60 bits per heavy atom. The number of rotatable bonds is 4. The third-order valence-corrected chi connectivity index (χ3v) is 5.39. The number of sulfone groups is 1. The van der Waals surface area contributed by atoms with Crippen LogP contribution in [0.5, 0.6) is 0 Å². The first kappa shape index (κ1) is 17.7. The highest BCUT2D eigenvalue weighted by Gasteiger charge is 2.15. The van der Waals surface area contributed by atoms with Crippen LogP contribution in [0.2, 0.25) is 5.02 Å². The van der Waals surface area contributed by atoms with Crippen molar-refractivity contribution in [2.75, 3.05) is 6.26 Å². The molecule has 130 valence electrons. The molecule has 3 aromatic rings. The van der Waals surface area contributed by atoms with Crippen molar-refractivity contribution < 1.29 is 8.42 Å². The van der Waals surface area contributed by atoms with E-state index in [4.69, 9.17) is 16.7 Å². The van der Waals surface area contributed by atoms with Crippen LogP contribution in [-0.4, -0.2) is 24.5 Å². The van der Waals surface area contributed by atoms with Gasteiger partial charge in [-0.1, -0.05) is 37.6 Å². The van der Waals surface area contributed by atoms with E-state index in [1.54, 1.807) is 28.9 Å². The van der Waals surface area contributed by atoms with Crippen molar-refractivity contribution in [2.45, 2.75) is 24.7 Å². The van der Waals surface area contributed by atoms with E-state index in [9.17, 15) is 8.42 Å². The van der Waals surface area contributed by atoms with Crippen molar-refractivity contribution in [1.82, 2.24) is 9.78 Å². The van der Waals surface area contributed by atoms with Crippen molar-refractivity contribution in [2.24, 2.45) is 0 Å². The third kappa shape index (κ3) is 3.78. The summed E-state index contributed by atoms with van der Waals surface area (Å²) in [6, 6.07) is 14.3. The van der Waals surface area contributed by atoms with Crippen molar-refractivity contribution >= 4 is 21.4 Å². The molecule has 4 nitrogen and oxygen atoms in total. The summed E-state index contributed by atoms with van der Waals surface area (Å²) < 4.78 is 25.0. The fraction of sp³-hybridized carbons (Fsp3) is 0.211. The molecule has 0 amide bonds. The van der Waals surface area contributed by atoms with Gasteiger partial charge >= 0.3 is 0 Å². The molecule has 0 N–H and O–H groups in total. The predicted octanol–water partition coefficient (Wildman–Crippen LogP) is 4.72. The van der Waals surface area contributed by atoms with Crippen LogP contribution in [-0.2, 0) is 9.84 Å². The maximum absolute atomic E-state index is 11.6. The van der Waals surface area contributed by atoms with E-state index in [1.807, 2.05) is 30.5 Å². The topological polar surface area (TPSA) is 52.0 Å². The summed E-state index contributed by atoms with van der Waals surface area (Å²) in [5.41, 5.74) is 3.84. The zero-order valence-corrected chi connectivity index (χ0v) is 15.8. The van der Waals surface area contributed by atoms with Crippen molar-refractivity contribution in [3.63, 3.8) is 0 Å². The Labute approximate surface area is 153 Å². The van der Waals surface area contributed by atoms with E-state index in [2.05, 4.69) is 13.8 Å². The number of benzene rings is 2. The Morgan fingerprint density at radius 3 is 2.12 bits per heavy atom. The summed E-state index contributed by atoms with van der Waals surface area (Å²) in [5.74, 6) is 0.301. The van der Waals surface area contributed by atoms with Gasteiger partial charge in [-0.05, 0) is 42.3 Å². The second kappa shape index (κ2) is 6.65. The minimum atomic E-state index is -3.21. The number of hydrogen-bond acceptors (Lipinski definition) is 3. The van der Waals surface area contributed by atoms with Gasteiger partial charge in [0.2, 0.25) is 0 Å². The summed E-state index contributed by atoms with van der Waals surface area (Å²) >= 11 is 5.98. The normalized spacial score (nSPS) is 11.9. The van der Waals surface area contributed by atoms with Gasteiger partial charge in [0.05, 0.1) is 16.3 Å². The lowest BCUT2D eigenvalue weighted by molar-refractivity contribution is 0.602. The van der Waals surface area contributed by atoms with Crippen LogP contribution in [0.3, 0.4) is 0 Å². The zero-order valence-electron chi connectivity index (χ0n) is 14.3.